The van der Waals surface area contributed by atoms with Crippen LogP contribution in [-0.2, 0) is 9.47 Å². The Kier molecular flexibility index (Phi) is 7.79. The fourth-order valence-electron chi connectivity index (χ4n) is 2.39. The molecule has 7 heteroatoms. The average Bonchev–Trinajstić information content (AvgIpc) is 2.43. The van der Waals surface area contributed by atoms with Gasteiger partial charge in [0.1, 0.15) is 5.60 Å². The van der Waals surface area contributed by atoms with E-state index in [2.05, 4.69) is 16.0 Å². The van der Waals surface area contributed by atoms with E-state index in [-0.39, 0.29) is 6.03 Å². The predicted molar refractivity (Wildman–Crippen MR) is 93.0 cm³/mol. The van der Waals surface area contributed by atoms with E-state index in [4.69, 9.17) is 9.47 Å². The van der Waals surface area contributed by atoms with Crippen LogP contribution in [0.1, 0.15) is 53.9 Å². The van der Waals surface area contributed by atoms with E-state index < -0.39 is 17.2 Å². The lowest BCUT2D eigenvalue weighted by molar-refractivity contribution is 0.0524. The molecule has 0 bridgehead atoms. The zero-order valence-corrected chi connectivity index (χ0v) is 15.7. The third-order valence-corrected chi connectivity index (χ3v) is 3.76. The first-order chi connectivity index (χ1) is 11.1. The first kappa shape index (κ1) is 20.5. The zero-order valence-electron chi connectivity index (χ0n) is 15.7. The van der Waals surface area contributed by atoms with Crippen molar-refractivity contribution in [2.45, 2.75) is 65.0 Å². The van der Waals surface area contributed by atoms with Crippen molar-refractivity contribution in [1.82, 2.24) is 16.0 Å². The van der Waals surface area contributed by atoms with Crippen LogP contribution in [0.25, 0.3) is 0 Å². The van der Waals surface area contributed by atoms with Gasteiger partial charge in [0.2, 0.25) is 0 Å². The molecule has 1 aliphatic rings. The van der Waals surface area contributed by atoms with Crippen molar-refractivity contribution < 1.29 is 19.1 Å². The topological polar surface area (TPSA) is 88.7 Å². The van der Waals surface area contributed by atoms with Crippen LogP contribution in [0.15, 0.2) is 0 Å². The highest BCUT2D eigenvalue weighted by molar-refractivity contribution is 5.74. The molecule has 3 N–H and O–H groups in total. The molecule has 0 saturated carbocycles. The number of nitrogens with one attached hydrogen (secondary N) is 3. The summed E-state index contributed by atoms with van der Waals surface area (Å²) in [6, 6.07) is -0.177. The molecule has 7 nitrogen and oxygen atoms in total. The van der Waals surface area contributed by atoms with Crippen LogP contribution >= 0.6 is 0 Å². The Morgan fingerprint density at radius 2 is 1.71 bits per heavy atom. The van der Waals surface area contributed by atoms with Crippen LogP contribution in [-0.4, -0.2) is 49.6 Å². The maximum absolute atomic E-state index is 12.0. The Labute approximate surface area is 145 Å². The molecule has 0 aromatic rings. The molecule has 0 spiro atoms. The molecule has 0 aliphatic carbocycles. The van der Waals surface area contributed by atoms with E-state index in [9.17, 15) is 9.59 Å². The zero-order chi connectivity index (χ0) is 18.2. The molecular formula is C17H33N3O4. The van der Waals surface area contributed by atoms with E-state index >= 15 is 0 Å². The minimum Gasteiger partial charge on any atom is -0.444 e. The monoisotopic (exact) mass is 343 g/mol. The van der Waals surface area contributed by atoms with Gasteiger partial charge >= 0.3 is 12.1 Å². The predicted octanol–water partition coefficient (Wildman–Crippen LogP) is 2.41. The minimum absolute atomic E-state index is 0.177. The molecule has 0 aromatic heterocycles. The molecule has 0 aromatic carbocycles. The fraction of sp³-hybridized carbons (Fsp3) is 0.882. The summed E-state index contributed by atoms with van der Waals surface area (Å²) < 4.78 is 10.5. The van der Waals surface area contributed by atoms with E-state index in [1.807, 2.05) is 34.6 Å². The van der Waals surface area contributed by atoms with Crippen LogP contribution in [0.5, 0.6) is 0 Å². The second-order valence-electron chi connectivity index (χ2n) is 7.95. The summed E-state index contributed by atoms with van der Waals surface area (Å²) >= 11 is 0. The molecule has 3 amide bonds. The van der Waals surface area contributed by atoms with Crippen LogP contribution in [0, 0.1) is 5.92 Å². The van der Waals surface area contributed by atoms with Crippen molar-refractivity contribution in [3.63, 3.8) is 0 Å². The SMILES string of the molecule is CC(C)(CCNC(=O)OC(C)(C)C)NC(=O)NCC1CCOCC1. The van der Waals surface area contributed by atoms with Gasteiger partial charge in [0.05, 0.1) is 0 Å². The second kappa shape index (κ2) is 9.11. The van der Waals surface area contributed by atoms with Crippen molar-refractivity contribution in [3.05, 3.63) is 0 Å². The lowest BCUT2D eigenvalue weighted by Crippen LogP contribution is -2.50. The summed E-state index contributed by atoms with van der Waals surface area (Å²) in [5, 5.41) is 8.57. The normalized spacial score (nSPS) is 16.4. The van der Waals surface area contributed by atoms with Gasteiger partial charge in [0.15, 0.2) is 0 Å². The van der Waals surface area contributed by atoms with Gasteiger partial charge in [-0.05, 0) is 59.8 Å². The molecule has 0 radical (unpaired) electrons. The summed E-state index contributed by atoms with van der Waals surface area (Å²) in [5.41, 5.74) is -0.934. The molecule has 24 heavy (non-hydrogen) atoms. The first-order valence-electron chi connectivity index (χ1n) is 8.68. The highest BCUT2D eigenvalue weighted by Gasteiger charge is 2.22. The van der Waals surface area contributed by atoms with Crippen molar-refractivity contribution in [3.8, 4) is 0 Å². The van der Waals surface area contributed by atoms with Crippen molar-refractivity contribution >= 4 is 12.1 Å². The third kappa shape index (κ3) is 9.60. The van der Waals surface area contributed by atoms with Gasteiger partial charge in [0.25, 0.3) is 0 Å². The second-order valence-corrected chi connectivity index (χ2v) is 7.95. The van der Waals surface area contributed by atoms with Gasteiger partial charge in [0, 0.05) is 31.8 Å². The number of carbonyl (C=O) groups is 2. The number of ether oxygens (including phenoxy) is 2. The van der Waals surface area contributed by atoms with Gasteiger partial charge in [-0.15, -0.1) is 0 Å². The van der Waals surface area contributed by atoms with Crippen LogP contribution in [0.2, 0.25) is 0 Å². The number of alkyl carbamates (subject to hydrolysis) is 1. The number of carbonyl (C=O) groups excluding carboxylic acids is 2. The largest absolute Gasteiger partial charge is 0.444 e. The molecule has 1 fully saturated rings. The lowest BCUT2D eigenvalue weighted by atomic mass is 10.00. The Bertz CT molecular complexity index is 413. The van der Waals surface area contributed by atoms with E-state index in [0.29, 0.717) is 25.4 Å². The van der Waals surface area contributed by atoms with Crippen LogP contribution in [0.4, 0.5) is 9.59 Å². The molecule has 0 unspecified atom stereocenters. The summed E-state index contributed by atoms with van der Waals surface area (Å²) in [5.74, 6) is 0.487. The molecule has 1 heterocycles. The summed E-state index contributed by atoms with van der Waals surface area (Å²) in [6.45, 7) is 12.0. The third-order valence-electron chi connectivity index (χ3n) is 3.76. The lowest BCUT2D eigenvalue weighted by Gasteiger charge is -2.28. The molecule has 140 valence electrons. The van der Waals surface area contributed by atoms with Crippen molar-refractivity contribution in [2.24, 2.45) is 5.92 Å². The molecule has 0 atom stereocenters. The van der Waals surface area contributed by atoms with Crippen molar-refractivity contribution in [1.29, 1.82) is 0 Å². The van der Waals surface area contributed by atoms with Crippen molar-refractivity contribution in [2.75, 3.05) is 26.3 Å². The maximum atomic E-state index is 12.0. The summed E-state index contributed by atoms with van der Waals surface area (Å²) in [7, 11) is 0. The van der Waals surface area contributed by atoms with Gasteiger partial charge in [-0.2, -0.15) is 0 Å². The van der Waals surface area contributed by atoms with Crippen LogP contribution in [0.3, 0.4) is 0 Å². The van der Waals surface area contributed by atoms with Gasteiger partial charge < -0.3 is 25.4 Å². The average molecular weight is 343 g/mol. The minimum atomic E-state index is -0.512. The number of hydrogen-bond acceptors (Lipinski definition) is 4. The first-order valence-corrected chi connectivity index (χ1v) is 8.68. The van der Waals surface area contributed by atoms with E-state index in [1.165, 1.54) is 0 Å². The fourth-order valence-corrected chi connectivity index (χ4v) is 2.39. The molecule has 1 saturated heterocycles. The van der Waals surface area contributed by atoms with Gasteiger partial charge in [-0.1, -0.05) is 0 Å². The number of rotatable bonds is 6. The summed E-state index contributed by atoms with van der Waals surface area (Å²) in [4.78, 5) is 23.6. The quantitative estimate of drug-likeness (QED) is 0.691. The Morgan fingerprint density at radius 1 is 1.08 bits per heavy atom. The Morgan fingerprint density at radius 3 is 2.29 bits per heavy atom. The van der Waals surface area contributed by atoms with Gasteiger partial charge in [-0.3, -0.25) is 0 Å². The molecule has 1 rings (SSSR count). The van der Waals surface area contributed by atoms with Crippen LogP contribution < -0.4 is 16.0 Å². The van der Waals surface area contributed by atoms with E-state index in [1.54, 1.807) is 0 Å². The Balaban J connectivity index is 2.21. The standard InChI is InChI=1S/C17H33N3O4/c1-16(2,3)24-15(22)18-9-8-17(4,5)20-14(21)19-12-13-6-10-23-11-7-13/h13H,6-12H2,1-5H3,(H,18,22)(H2,19,20,21). The number of amides is 3. The summed E-state index contributed by atoms with van der Waals surface area (Å²) in [6.07, 6.45) is 2.14. The Hall–Kier alpha value is -1.50. The highest BCUT2D eigenvalue weighted by atomic mass is 16.6. The number of hydrogen-bond donors (Lipinski definition) is 3. The molecular weight excluding hydrogens is 310 g/mol. The number of urea groups is 1. The molecule has 1 aliphatic heterocycles. The van der Waals surface area contributed by atoms with Gasteiger partial charge in [-0.25, -0.2) is 9.59 Å². The smallest absolute Gasteiger partial charge is 0.407 e. The highest BCUT2D eigenvalue weighted by Crippen LogP contribution is 2.13. The van der Waals surface area contributed by atoms with E-state index in [0.717, 1.165) is 26.1 Å². The maximum Gasteiger partial charge on any atom is 0.407 e.